The molecule has 1 aliphatic rings. The Hall–Kier alpha value is -4.46. The maximum atomic E-state index is 13.2. The average Bonchev–Trinajstić information content (AvgIpc) is 3.08. The molecule has 1 atom stereocenters. The fourth-order valence-electron chi connectivity index (χ4n) is 4.19. The molecule has 3 aromatic carbocycles. The van der Waals surface area contributed by atoms with Gasteiger partial charge < -0.3 is 9.84 Å². The SMILES string of the molecule is COc1ccc(C2/C(=C(/O)c3ccc([N+](=O)[O-])cc3)C(=O)C(=O)N2c2cc(C)cc(C)c2)cc1. The van der Waals surface area contributed by atoms with E-state index in [2.05, 4.69) is 0 Å². The number of anilines is 1. The van der Waals surface area contributed by atoms with Crippen LogP contribution in [0.2, 0.25) is 0 Å². The van der Waals surface area contributed by atoms with E-state index in [1.165, 1.54) is 36.3 Å². The van der Waals surface area contributed by atoms with Gasteiger partial charge in [0, 0.05) is 23.4 Å². The molecule has 4 rings (SSSR count). The Labute approximate surface area is 195 Å². The molecule has 0 radical (unpaired) electrons. The maximum absolute atomic E-state index is 13.2. The van der Waals surface area contributed by atoms with E-state index in [1.807, 2.05) is 19.9 Å². The Kier molecular flexibility index (Phi) is 5.89. The maximum Gasteiger partial charge on any atom is 0.300 e. The normalized spacial score (nSPS) is 17.1. The summed E-state index contributed by atoms with van der Waals surface area (Å²) in [4.78, 5) is 38.3. The number of ketones is 1. The number of benzene rings is 3. The van der Waals surface area contributed by atoms with Crippen LogP contribution in [0.25, 0.3) is 5.76 Å². The number of aliphatic hydroxyl groups is 1. The van der Waals surface area contributed by atoms with Gasteiger partial charge in [-0.25, -0.2) is 0 Å². The highest BCUT2D eigenvalue weighted by Gasteiger charge is 2.47. The lowest BCUT2D eigenvalue weighted by Gasteiger charge is -2.26. The monoisotopic (exact) mass is 458 g/mol. The minimum Gasteiger partial charge on any atom is -0.507 e. The number of amides is 1. The van der Waals surface area contributed by atoms with E-state index in [9.17, 15) is 24.8 Å². The van der Waals surface area contributed by atoms with Crippen molar-refractivity contribution in [2.75, 3.05) is 12.0 Å². The third kappa shape index (κ3) is 4.01. The molecule has 172 valence electrons. The van der Waals surface area contributed by atoms with Crippen molar-refractivity contribution in [3.05, 3.63) is 105 Å². The summed E-state index contributed by atoms with van der Waals surface area (Å²) >= 11 is 0. The molecule has 1 saturated heterocycles. The van der Waals surface area contributed by atoms with Gasteiger partial charge in [0.15, 0.2) is 0 Å². The Balaban J connectivity index is 1.93. The Morgan fingerprint density at radius 1 is 0.971 bits per heavy atom. The smallest absolute Gasteiger partial charge is 0.300 e. The number of hydrogen-bond acceptors (Lipinski definition) is 6. The van der Waals surface area contributed by atoms with Crippen molar-refractivity contribution in [1.29, 1.82) is 0 Å². The highest BCUT2D eigenvalue weighted by atomic mass is 16.6. The van der Waals surface area contributed by atoms with Gasteiger partial charge in [-0.1, -0.05) is 18.2 Å². The van der Waals surface area contributed by atoms with Crippen molar-refractivity contribution in [2.45, 2.75) is 19.9 Å². The molecule has 0 spiro atoms. The lowest BCUT2D eigenvalue weighted by atomic mass is 9.95. The van der Waals surface area contributed by atoms with Crippen molar-refractivity contribution in [3.8, 4) is 5.75 Å². The molecule has 0 aliphatic carbocycles. The van der Waals surface area contributed by atoms with Gasteiger partial charge in [0.05, 0.1) is 23.6 Å². The van der Waals surface area contributed by atoms with E-state index in [1.54, 1.807) is 36.4 Å². The van der Waals surface area contributed by atoms with Gasteiger partial charge in [0.25, 0.3) is 17.4 Å². The molecule has 8 heteroatoms. The third-order valence-electron chi connectivity index (χ3n) is 5.71. The fraction of sp³-hybridized carbons (Fsp3) is 0.154. The number of aryl methyl sites for hydroxylation is 2. The summed E-state index contributed by atoms with van der Waals surface area (Å²) in [6, 6.07) is 16.7. The van der Waals surface area contributed by atoms with Crippen LogP contribution >= 0.6 is 0 Å². The van der Waals surface area contributed by atoms with E-state index in [4.69, 9.17) is 4.74 Å². The number of methoxy groups -OCH3 is 1. The quantitative estimate of drug-likeness (QED) is 0.192. The second kappa shape index (κ2) is 8.82. The van der Waals surface area contributed by atoms with Crippen LogP contribution in [0.1, 0.15) is 28.3 Å². The molecular formula is C26H22N2O6. The van der Waals surface area contributed by atoms with Crippen molar-refractivity contribution in [2.24, 2.45) is 0 Å². The number of nitrogens with zero attached hydrogens (tertiary/aromatic N) is 2. The molecule has 1 unspecified atom stereocenters. The number of aliphatic hydroxyl groups excluding tert-OH is 1. The van der Waals surface area contributed by atoms with Crippen LogP contribution in [0.5, 0.6) is 5.75 Å². The van der Waals surface area contributed by atoms with E-state index < -0.39 is 28.4 Å². The van der Waals surface area contributed by atoms with Crippen LogP contribution in [0.3, 0.4) is 0 Å². The lowest BCUT2D eigenvalue weighted by Crippen LogP contribution is -2.29. The summed E-state index contributed by atoms with van der Waals surface area (Å²) in [6.45, 7) is 3.79. The molecule has 1 N–H and O–H groups in total. The van der Waals surface area contributed by atoms with E-state index in [0.29, 0.717) is 17.0 Å². The fourth-order valence-corrected chi connectivity index (χ4v) is 4.19. The molecule has 0 bridgehead atoms. The van der Waals surface area contributed by atoms with Crippen LogP contribution in [0, 0.1) is 24.0 Å². The van der Waals surface area contributed by atoms with Crippen LogP contribution in [0.4, 0.5) is 11.4 Å². The van der Waals surface area contributed by atoms with Gasteiger partial charge in [-0.2, -0.15) is 0 Å². The first-order valence-corrected chi connectivity index (χ1v) is 10.5. The second-order valence-electron chi connectivity index (χ2n) is 8.09. The van der Waals surface area contributed by atoms with Crippen LogP contribution < -0.4 is 9.64 Å². The second-order valence-corrected chi connectivity index (χ2v) is 8.09. The van der Waals surface area contributed by atoms with Crippen molar-refractivity contribution >= 4 is 28.8 Å². The number of carbonyl (C=O) groups is 2. The number of non-ortho nitro benzene ring substituents is 1. The molecule has 0 saturated carbocycles. The number of rotatable bonds is 5. The van der Waals surface area contributed by atoms with Gasteiger partial charge in [0.2, 0.25) is 0 Å². The van der Waals surface area contributed by atoms with Crippen LogP contribution in [-0.2, 0) is 9.59 Å². The van der Waals surface area contributed by atoms with E-state index in [-0.39, 0.29) is 16.8 Å². The van der Waals surface area contributed by atoms with Crippen LogP contribution in [-0.4, -0.2) is 28.8 Å². The van der Waals surface area contributed by atoms with Crippen LogP contribution in [0.15, 0.2) is 72.3 Å². The zero-order chi connectivity index (χ0) is 24.6. The highest BCUT2D eigenvalue weighted by molar-refractivity contribution is 6.51. The molecule has 1 aliphatic heterocycles. The molecule has 34 heavy (non-hydrogen) atoms. The minimum absolute atomic E-state index is 0.0943. The Bertz CT molecular complexity index is 1310. The first-order chi connectivity index (χ1) is 16.2. The van der Waals surface area contributed by atoms with Gasteiger partial charge in [-0.05, 0) is 66.9 Å². The molecule has 8 nitrogen and oxygen atoms in total. The van der Waals surface area contributed by atoms with E-state index in [0.717, 1.165) is 11.1 Å². The number of hydrogen-bond donors (Lipinski definition) is 1. The molecule has 0 aromatic heterocycles. The molecule has 1 amide bonds. The molecular weight excluding hydrogens is 436 g/mol. The van der Waals surface area contributed by atoms with Gasteiger partial charge in [0.1, 0.15) is 11.5 Å². The standard InChI is InChI=1S/C26H22N2O6/c1-15-12-16(2)14-20(13-15)27-23(17-6-10-21(34-3)11-7-17)22(25(30)26(27)31)24(29)18-4-8-19(9-5-18)28(32)33/h4-14,23,29H,1-3H3/b24-22-. The third-order valence-corrected chi connectivity index (χ3v) is 5.71. The first kappa shape index (κ1) is 22.7. The molecule has 1 heterocycles. The summed E-state index contributed by atoms with van der Waals surface area (Å²) < 4.78 is 5.23. The summed E-state index contributed by atoms with van der Waals surface area (Å²) in [6.07, 6.45) is 0. The Morgan fingerprint density at radius 2 is 1.56 bits per heavy atom. The lowest BCUT2D eigenvalue weighted by molar-refractivity contribution is -0.384. The largest absolute Gasteiger partial charge is 0.507 e. The number of ether oxygens (including phenoxy) is 1. The minimum atomic E-state index is -0.901. The predicted molar refractivity (Wildman–Crippen MR) is 127 cm³/mol. The zero-order valence-electron chi connectivity index (χ0n) is 18.8. The van der Waals surface area contributed by atoms with Crippen molar-refractivity contribution in [1.82, 2.24) is 0 Å². The molecule has 1 fully saturated rings. The van der Waals surface area contributed by atoms with E-state index >= 15 is 0 Å². The number of nitro groups is 1. The summed E-state index contributed by atoms with van der Waals surface area (Å²) in [5, 5.41) is 22.1. The van der Waals surface area contributed by atoms with Crippen molar-refractivity contribution in [3.63, 3.8) is 0 Å². The summed E-state index contributed by atoms with van der Waals surface area (Å²) in [5.41, 5.74) is 2.91. The zero-order valence-corrected chi connectivity index (χ0v) is 18.8. The average molecular weight is 458 g/mol. The number of nitro benzene ring substituents is 1. The summed E-state index contributed by atoms with van der Waals surface area (Å²) in [5.74, 6) is -1.41. The highest BCUT2D eigenvalue weighted by Crippen LogP contribution is 2.43. The van der Waals surface area contributed by atoms with Gasteiger partial charge >= 0.3 is 0 Å². The Morgan fingerprint density at radius 3 is 2.09 bits per heavy atom. The van der Waals surface area contributed by atoms with Gasteiger partial charge in [-0.3, -0.25) is 24.6 Å². The van der Waals surface area contributed by atoms with Crippen molar-refractivity contribution < 1.29 is 24.4 Å². The number of Topliss-reactive ketones (excluding diaryl/α,β-unsaturated/α-hetero) is 1. The first-order valence-electron chi connectivity index (χ1n) is 10.5. The number of carbonyl (C=O) groups excluding carboxylic acids is 2. The predicted octanol–water partition coefficient (Wildman–Crippen LogP) is 4.85. The van der Waals surface area contributed by atoms with Gasteiger partial charge in [-0.15, -0.1) is 0 Å². The molecule has 3 aromatic rings. The summed E-state index contributed by atoms with van der Waals surface area (Å²) in [7, 11) is 1.53. The topological polar surface area (TPSA) is 110 Å².